The molecule has 0 spiro atoms. The minimum atomic E-state index is -2.76. The van der Waals surface area contributed by atoms with E-state index < -0.39 is 19.3 Å². The average molecular weight is 495 g/mol. The molecule has 3 aromatic rings. The Labute approximate surface area is 205 Å². The molecule has 1 atom stereocenters. The van der Waals surface area contributed by atoms with Gasteiger partial charge < -0.3 is 9.16 Å². The molecule has 34 heavy (non-hydrogen) atoms. The second kappa shape index (κ2) is 9.70. The third-order valence-corrected chi connectivity index (χ3v) is 11.3. The maximum atomic E-state index is 11.5. The quantitative estimate of drug-likeness (QED) is 0.277. The second-order valence-corrected chi connectivity index (χ2v) is 13.9. The first kappa shape index (κ1) is 24.1. The van der Waals surface area contributed by atoms with Crippen LogP contribution in [0.2, 0.25) is 5.04 Å². The Kier molecular flexibility index (Phi) is 6.88. The van der Waals surface area contributed by atoms with Gasteiger partial charge in [-0.15, -0.1) is 0 Å². The van der Waals surface area contributed by atoms with E-state index in [0.717, 1.165) is 10.4 Å². The summed E-state index contributed by atoms with van der Waals surface area (Å²) in [5.74, 6) is 0.147. The molecule has 0 N–H and O–H groups in total. The highest BCUT2D eigenvalue weighted by Crippen LogP contribution is 2.38. The normalized spacial score (nSPS) is 16.1. The molecule has 0 saturated carbocycles. The number of nitro groups is 1. The van der Waals surface area contributed by atoms with Crippen molar-refractivity contribution < 1.29 is 14.1 Å². The van der Waals surface area contributed by atoms with Gasteiger partial charge in [0.15, 0.2) is 0 Å². The van der Waals surface area contributed by atoms with Crippen LogP contribution in [-0.2, 0) is 4.43 Å². The van der Waals surface area contributed by atoms with Gasteiger partial charge in [-0.25, -0.2) is 0 Å². The largest absolute Gasteiger partial charge is 0.484 e. The molecule has 1 aliphatic rings. The number of hydrogen-bond donors (Lipinski definition) is 0. The highest BCUT2D eigenvalue weighted by molar-refractivity contribution is 6.99. The van der Waals surface area contributed by atoms with Crippen molar-refractivity contribution in [3.8, 4) is 5.75 Å². The van der Waals surface area contributed by atoms with E-state index in [4.69, 9.17) is 20.8 Å². The minimum absolute atomic E-state index is 0.126. The van der Waals surface area contributed by atoms with Gasteiger partial charge in [-0.05, 0) is 21.5 Å². The Morgan fingerprint density at radius 2 is 1.62 bits per heavy atom. The first-order valence-electron chi connectivity index (χ1n) is 11.1. The number of nitrogens with zero attached hydrogens (tertiary/aromatic N) is 2. The van der Waals surface area contributed by atoms with Crippen molar-refractivity contribution >= 4 is 41.2 Å². The van der Waals surface area contributed by atoms with Gasteiger partial charge in [0.25, 0.3) is 8.32 Å². The first-order valence-corrected chi connectivity index (χ1v) is 13.4. The topological polar surface area (TPSA) is 74.0 Å². The number of nitro benzene ring substituents is 1. The Morgan fingerprint density at radius 3 is 2.15 bits per heavy atom. The fourth-order valence-electron chi connectivity index (χ4n) is 4.50. The summed E-state index contributed by atoms with van der Waals surface area (Å²) in [6.07, 6.45) is 0. The third-order valence-electron chi connectivity index (χ3n) is 6.04. The van der Waals surface area contributed by atoms with Crippen molar-refractivity contribution in [1.82, 2.24) is 0 Å². The van der Waals surface area contributed by atoms with Crippen LogP contribution in [-0.4, -0.2) is 37.7 Å². The number of fused-ring (bicyclic) bond motifs is 1. The van der Waals surface area contributed by atoms with Crippen LogP contribution in [0.4, 0.5) is 5.69 Å². The highest BCUT2D eigenvalue weighted by Gasteiger charge is 2.50. The Hall–Kier alpha value is -3.00. The van der Waals surface area contributed by atoms with Gasteiger partial charge in [0, 0.05) is 6.07 Å². The molecule has 3 aromatic carbocycles. The van der Waals surface area contributed by atoms with Gasteiger partial charge in [0.05, 0.1) is 17.1 Å². The van der Waals surface area contributed by atoms with Gasteiger partial charge >= 0.3 is 5.69 Å². The maximum absolute atomic E-state index is 11.5. The zero-order valence-electron chi connectivity index (χ0n) is 19.4. The summed E-state index contributed by atoms with van der Waals surface area (Å²) in [5, 5.41) is 13.8. The van der Waals surface area contributed by atoms with E-state index in [2.05, 4.69) is 50.0 Å². The van der Waals surface area contributed by atoms with Gasteiger partial charge in [-0.1, -0.05) is 99.1 Å². The van der Waals surface area contributed by atoms with Gasteiger partial charge in [-0.3, -0.25) is 15.1 Å². The second-order valence-electron chi connectivity index (χ2n) is 9.27. The molecule has 8 heteroatoms. The number of rotatable bonds is 6. The van der Waals surface area contributed by atoms with Crippen molar-refractivity contribution in [3.63, 3.8) is 0 Å². The lowest BCUT2D eigenvalue weighted by molar-refractivity contribution is -0.385. The number of hydrogen-bond acceptors (Lipinski definition) is 5. The maximum Gasteiger partial charge on any atom is 0.311 e. The molecule has 0 aliphatic carbocycles. The van der Waals surface area contributed by atoms with Crippen LogP contribution >= 0.6 is 11.6 Å². The Morgan fingerprint density at radius 1 is 1.03 bits per heavy atom. The fourth-order valence-corrected chi connectivity index (χ4v) is 9.38. The van der Waals surface area contributed by atoms with E-state index in [-0.39, 0.29) is 34.9 Å². The summed E-state index contributed by atoms with van der Waals surface area (Å²) in [7, 11) is -2.76. The first-order chi connectivity index (χ1) is 16.2. The molecular weight excluding hydrogens is 468 g/mol. The van der Waals surface area contributed by atoms with Crippen molar-refractivity contribution in [2.45, 2.75) is 31.9 Å². The molecule has 1 aliphatic heterocycles. The molecule has 176 valence electrons. The molecule has 0 amide bonds. The molecule has 0 saturated heterocycles. The lowest BCUT2D eigenvalue weighted by atomic mass is 10.2. The minimum Gasteiger partial charge on any atom is -0.484 e. The number of halogens is 1. The van der Waals surface area contributed by atoms with Crippen molar-refractivity contribution in [3.05, 3.63) is 94.5 Å². The van der Waals surface area contributed by atoms with Crippen LogP contribution in [0.5, 0.6) is 5.75 Å². The number of benzene rings is 3. The molecule has 6 nitrogen and oxygen atoms in total. The van der Waals surface area contributed by atoms with Crippen LogP contribution in [0.15, 0.2) is 83.9 Å². The van der Waals surface area contributed by atoms with Crippen molar-refractivity contribution in [1.29, 1.82) is 0 Å². The molecule has 0 bridgehead atoms. The average Bonchev–Trinajstić information content (AvgIpc) is 2.98. The highest BCUT2D eigenvalue weighted by atomic mass is 35.5. The summed E-state index contributed by atoms with van der Waals surface area (Å²) in [5.41, 5.74) is 0.295. The standard InChI is InChI=1S/C26H27ClN2O4Si/c1-26(2,3)34(20-11-6-4-7-12-20,21-13-8-5-9-14-21)33-18-19-17-32-24-22(25(27)28-19)15-10-16-23(24)29(30)31/h4-16,19H,17-18H2,1-3H3. The third kappa shape index (κ3) is 4.51. The number of para-hydroxylation sites is 1. The van der Waals surface area contributed by atoms with E-state index in [0.29, 0.717) is 5.56 Å². The summed E-state index contributed by atoms with van der Waals surface area (Å²) < 4.78 is 12.8. The monoisotopic (exact) mass is 494 g/mol. The predicted molar refractivity (Wildman–Crippen MR) is 138 cm³/mol. The van der Waals surface area contributed by atoms with Gasteiger partial charge in [0.1, 0.15) is 17.8 Å². The Bertz CT molecular complexity index is 1160. The van der Waals surface area contributed by atoms with Crippen molar-refractivity contribution in [2.24, 2.45) is 4.99 Å². The van der Waals surface area contributed by atoms with E-state index >= 15 is 0 Å². The molecular formula is C26H27ClN2O4Si. The van der Waals surface area contributed by atoms with E-state index in [1.54, 1.807) is 12.1 Å². The van der Waals surface area contributed by atoms with Gasteiger partial charge in [0.2, 0.25) is 5.75 Å². The zero-order valence-corrected chi connectivity index (χ0v) is 21.2. The van der Waals surface area contributed by atoms with Crippen LogP contribution in [0.1, 0.15) is 26.3 Å². The summed E-state index contributed by atoms with van der Waals surface area (Å²) in [6.45, 7) is 7.02. The molecule has 0 aromatic heterocycles. The van der Waals surface area contributed by atoms with Crippen LogP contribution in [0, 0.1) is 10.1 Å². The number of ether oxygens (including phenoxy) is 1. The van der Waals surface area contributed by atoms with Gasteiger partial charge in [-0.2, -0.15) is 0 Å². The molecule has 0 radical (unpaired) electrons. The predicted octanol–water partition coefficient (Wildman–Crippen LogP) is 4.92. The summed E-state index contributed by atoms with van der Waals surface area (Å²) in [4.78, 5) is 15.6. The smallest absolute Gasteiger partial charge is 0.311 e. The van der Waals surface area contributed by atoms with Crippen molar-refractivity contribution in [2.75, 3.05) is 13.2 Å². The van der Waals surface area contributed by atoms with E-state index in [1.807, 2.05) is 36.4 Å². The van der Waals surface area contributed by atoms with E-state index in [1.165, 1.54) is 6.07 Å². The lowest BCUT2D eigenvalue weighted by Gasteiger charge is -2.43. The van der Waals surface area contributed by atoms with Crippen LogP contribution < -0.4 is 15.1 Å². The fraction of sp³-hybridized carbons (Fsp3) is 0.269. The lowest BCUT2D eigenvalue weighted by Crippen LogP contribution is -2.67. The zero-order chi connectivity index (χ0) is 24.3. The Balaban J connectivity index is 1.70. The summed E-state index contributed by atoms with van der Waals surface area (Å²) in [6, 6.07) is 24.9. The molecule has 1 unspecified atom stereocenters. The van der Waals surface area contributed by atoms with Crippen LogP contribution in [0.25, 0.3) is 0 Å². The van der Waals surface area contributed by atoms with Crippen LogP contribution in [0.3, 0.4) is 0 Å². The molecule has 0 fully saturated rings. The molecule has 4 rings (SSSR count). The van der Waals surface area contributed by atoms with E-state index in [9.17, 15) is 10.1 Å². The number of aliphatic imine (C=N–C) groups is 1. The molecule has 1 heterocycles. The summed E-state index contributed by atoms with van der Waals surface area (Å²) >= 11 is 6.50. The SMILES string of the molecule is CC(C)(C)[Si](OCC1COc2c(cccc2[N+](=O)[O-])C(Cl)=N1)(c1ccccc1)c1ccccc1.